The maximum atomic E-state index is 12.1. The predicted octanol–water partition coefficient (Wildman–Crippen LogP) is 2.63. The van der Waals surface area contributed by atoms with Gasteiger partial charge in [0, 0.05) is 6.42 Å². The van der Waals surface area contributed by atoms with Crippen molar-refractivity contribution in [3.05, 3.63) is 35.4 Å². The lowest BCUT2D eigenvalue weighted by Gasteiger charge is -2.15. The molecule has 0 radical (unpaired) electrons. The number of hydrogen-bond donors (Lipinski definition) is 0. The van der Waals surface area contributed by atoms with Gasteiger partial charge in [0.25, 0.3) is 0 Å². The molecule has 3 nitrogen and oxygen atoms in total. The van der Waals surface area contributed by atoms with Crippen LogP contribution in [0, 0.1) is 0 Å². The number of Topliss-reactive ketones (excluding diaryl/α,β-unsaturated/α-hetero) is 1. The maximum Gasteiger partial charge on any atom is 0.306 e. The SMILES string of the molecule is CCOC(=O)CC1C(=O)CCCc2ccccc21. The second-order valence-electron chi connectivity index (χ2n) is 4.58. The Bertz CT molecular complexity index is 451. The zero-order valence-electron chi connectivity index (χ0n) is 10.6. The van der Waals surface area contributed by atoms with Crippen LogP contribution in [0.15, 0.2) is 24.3 Å². The second-order valence-corrected chi connectivity index (χ2v) is 4.58. The van der Waals surface area contributed by atoms with Crippen LogP contribution in [-0.2, 0) is 20.7 Å². The van der Waals surface area contributed by atoms with Crippen molar-refractivity contribution in [2.45, 2.75) is 38.5 Å². The fourth-order valence-corrected chi connectivity index (χ4v) is 2.51. The summed E-state index contributed by atoms with van der Waals surface area (Å²) in [5.74, 6) is -0.441. The zero-order valence-corrected chi connectivity index (χ0v) is 10.6. The first-order valence-corrected chi connectivity index (χ1v) is 6.48. The number of esters is 1. The van der Waals surface area contributed by atoms with Gasteiger partial charge in [-0.3, -0.25) is 9.59 Å². The second kappa shape index (κ2) is 5.80. The number of fused-ring (bicyclic) bond motifs is 1. The van der Waals surface area contributed by atoms with Crippen molar-refractivity contribution in [3.63, 3.8) is 0 Å². The molecule has 1 aromatic rings. The van der Waals surface area contributed by atoms with Crippen molar-refractivity contribution in [1.29, 1.82) is 0 Å². The molecule has 1 aromatic carbocycles. The number of carbonyl (C=O) groups is 2. The minimum absolute atomic E-state index is 0.160. The summed E-state index contributed by atoms with van der Waals surface area (Å²) < 4.78 is 4.96. The number of ketones is 1. The van der Waals surface area contributed by atoms with Gasteiger partial charge in [0.05, 0.1) is 18.9 Å². The Labute approximate surface area is 107 Å². The highest BCUT2D eigenvalue weighted by molar-refractivity contribution is 5.90. The molecular formula is C15H18O3. The molecular weight excluding hydrogens is 228 g/mol. The minimum Gasteiger partial charge on any atom is -0.466 e. The van der Waals surface area contributed by atoms with Gasteiger partial charge >= 0.3 is 5.97 Å². The molecule has 1 aliphatic carbocycles. The monoisotopic (exact) mass is 246 g/mol. The first kappa shape index (κ1) is 12.8. The highest BCUT2D eigenvalue weighted by Gasteiger charge is 2.28. The van der Waals surface area contributed by atoms with Gasteiger partial charge in [-0.25, -0.2) is 0 Å². The Balaban J connectivity index is 2.25. The van der Waals surface area contributed by atoms with Gasteiger partial charge in [-0.1, -0.05) is 24.3 Å². The Morgan fingerprint density at radius 2 is 2.11 bits per heavy atom. The molecule has 1 atom stereocenters. The summed E-state index contributed by atoms with van der Waals surface area (Å²) >= 11 is 0. The molecule has 0 bridgehead atoms. The van der Waals surface area contributed by atoms with Gasteiger partial charge in [0.1, 0.15) is 5.78 Å². The van der Waals surface area contributed by atoms with E-state index in [0.29, 0.717) is 13.0 Å². The van der Waals surface area contributed by atoms with Crippen molar-refractivity contribution >= 4 is 11.8 Å². The lowest BCUT2D eigenvalue weighted by molar-refractivity contribution is -0.144. The molecule has 96 valence electrons. The van der Waals surface area contributed by atoms with Crippen LogP contribution in [0.2, 0.25) is 0 Å². The normalized spacial score (nSPS) is 18.9. The Morgan fingerprint density at radius 3 is 2.89 bits per heavy atom. The van der Waals surface area contributed by atoms with Crippen molar-refractivity contribution in [2.24, 2.45) is 0 Å². The summed E-state index contributed by atoms with van der Waals surface area (Å²) in [6.07, 6.45) is 2.51. The largest absolute Gasteiger partial charge is 0.466 e. The van der Waals surface area contributed by atoms with Crippen molar-refractivity contribution in [2.75, 3.05) is 6.61 Å². The third-order valence-corrected chi connectivity index (χ3v) is 3.36. The third kappa shape index (κ3) is 2.78. The molecule has 0 aliphatic heterocycles. The fraction of sp³-hybridized carbons (Fsp3) is 0.467. The van der Waals surface area contributed by atoms with E-state index in [9.17, 15) is 9.59 Å². The Hall–Kier alpha value is -1.64. The molecule has 1 aliphatic rings. The highest BCUT2D eigenvalue weighted by Crippen LogP contribution is 2.30. The molecule has 0 N–H and O–H groups in total. The van der Waals surface area contributed by atoms with Crippen LogP contribution >= 0.6 is 0 Å². The summed E-state index contributed by atoms with van der Waals surface area (Å²) in [6, 6.07) is 7.92. The van der Waals surface area contributed by atoms with Crippen LogP contribution in [0.4, 0.5) is 0 Å². The molecule has 0 fully saturated rings. The number of carbonyl (C=O) groups excluding carboxylic acids is 2. The molecule has 3 heteroatoms. The van der Waals surface area contributed by atoms with E-state index in [0.717, 1.165) is 18.4 Å². The van der Waals surface area contributed by atoms with Crippen LogP contribution in [0.25, 0.3) is 0 Å². The van der Waals surface area contributed by atoms with Gasteiger partial charge in [-0.2, -0.15) is 0 Å². The fourth-order valence-electron chi connectivity index (χ4n) is 2.51. The van der Waals surface area contributed by atoms with Gasteiger partial charge in [-0.15, -0.1) is 0 Å². The number of rotatable bonds is 3. The van der Waals surface area contributed by atoms with E-state index in [-0.39, 0.29) is 24.1 Å². The van der Waals surface area contributed by atoms with E-state index in [1.54, 1.807) is 6.92 Å². The van der Waals surface area contributed by atoms with Gasteiger partial charge in [0.15, 0.2) is 0 Å². The van der Waals surface area contributed by atoms with Crippen LogP contribution in [-0.4, -0.2) is 18.4 Å². The quantitative estimate of drug-likeness (QED) is 0.608. The summed E-state index contributed by atoms with van der Waals surface area (Å²) in [5.41, 5.74) is 2.20. The van der Waals surface area contributed by atoms with Crippen molar-refractivity contribution in [1.82, 2.24) is 0 Å². The number of hydrogen-bond acceptors (Lipinski definition) is 3. The topological polar surface area (TPSA) is 43.4 Å². The summed E-state index contributed by atoms with van der Waals surface area (Å²) in [4.78, 5) is 23.7. The molecule has 0 amide bonds. The molecule has 18 heavy (non-hydrogen) atoms. The standard InChI is InChI=1S/C15H18O3/c1-2-18-15(17)10-13-12-8-4-3-6-11(12)7-5-9-14(13)16/h3-4,6,8,13H,2,5,7,9-10H2,1H3. The van der Waals surface area contributed by atoms with Crippen LogP contribution in [0.1, 0.15) is 43.2 Å². The molecule has 2 rings (SSSR count). The molecule has 0 saturated carbocycles. The number of aryl methyl sites for hydroxylation is 1. The van der Waals surface area contributed by atoms with Gasteiger partial charge in [0.2, 0.25) is 0 Å². The maximum absolute atomic E-state index is 12.1. The molecule has 0 spiro atoms. The Kier molecular flexibility index (Phi) is 4.13. The van der Waals surface area contributed by atoms with E-state index >= 15 is 0 Å². The van der Waals surface area contributed by atoms with Crippen LogP contribution in [0.3, 0.4) is 0 Å². The predicted molar refractivity (Wildman–Crippen MR) is 68.4 cm³/mol. The average Bonchev–Trinajstić information content (AvgIpc) is 2.51. The summed E-state index contributed by atoms with van der Waals surface area (Å²) in [7, 11) is 0. The van der Waals surface area contributed by atoms with E-state index in [2.05, 4.69) is 0 Å². The summed E-state index contributed by atoms with van der Waals surface area (Å²) in [6.45, 7) is 2.14. The van der Waals surface area contributed by atoms with E-state index < -0.39 is 0 Å². The zero-order chi connectivity index (χ0) is 13.0. The van der Waals surface area contributed by atoms with Crippen molar-refractivity contribution in [3.8, 4) is 0 Å². The smallest absolute Gasteiger partial charge is 0.306 e. The first-order chi connectivity index (χ1) is 8.72. The van der Waals surface area contributed by atoms with E-state index in [1.807, 2.05) is 24.3 Å². The lowest BCUT2D eigenvalue weighted by Crippen LogP contribution is -2.17. The van der Waals surface area contributed by atoms with E-state index in [1.165, 1.54) is 5.56 Å². The third-order valence-electron chi connectivity index (χ3n) is 3.36. The molecule has 0 saturated heterocycles. The highest BCUT2D eigenvalue weighted by atomic mass is 16.5. The van der Waals surface area contributed by atoms with Gasteiger partial charge in [-0.05, 0) is 30.9 Å². The average molecular weight is 246 g/mol. The lowest BCUT2D eigenvalue weighted by atomic mass is 9.89. The molecule has 0 aromatic heterocycles. The van der Waals surface area contributed by atoms with E-state index in [4.69, 9.17) is 4.74 Å². The Morgan fingerprint density at radius 1 is 1.33 bits per heavy atom. The first-order valence-electron chi connectivity index (χ1n) is 6.48. The number of benzene rings is 1. The summed E-state index contributed by atoms with van der Waals surface area (Å²) in [5, 5.41) is 0. The van der Waals surface area contributed by atoms with Crippen LogP contribution in [0.5, 0.6) is 0 Å². The number of ether oxygens (including phenoxy) is 1. The minimum atomic E-state index is -0.317. The molecule has 1 unspecified atom stereocenters. The van der Waals surface area contributed by atoms with Crippen LogP contribution < -0.4 is 0 Å². The molecule has 0 heterocycles. The van der Waals surface area contributed by atoms with Gasteiger partial charge < -0.3 is 4.74 Å². The van der Waals surface area contributed by atoms with Crippen molar-refractivity contribution < 1.29 is 14.3 Å².